The molecule has 0 amide bonds. The summed E-state index contributed by atoms with van der Waals surface area (Å²) in [6, 6.07) is 7.45. The van der Waals surface area contributed by atoms with Gasteiger partial charge >= 0.3 is 5.69 Å². The van der Waals surface area contributed by atoms with Gasteiger partial charge in [-0.05, 0) is 33.3 Å². The average Bonchev–Trinajstić information content (AvgIpc) is 2.28. The molecule has 1 aromatic heterocycles. The van der Waals surface area contributed by atoms with Crippen LogP contribution in [0.2, 0.25) is 5.15 Å². The molecule has 106 valence electrons. The first kappa shape index (κ1) is 14.6. The molecule has 0 aliphatic heterocycles. The predicted octanol–water partition coefficient (Wildman–Crippen LogP) is 2.92. The number of rotatable bonds is 1. The van der Waals surface area contributed by atoms with Crippen LogP contribution < -0.4 is 11.2 Å². The first-order valence-electron chi connectivity index (χ1n) is 6.34. The first-order chi connectivity index (χ1) is 9.21. The molecule has 0 bridgehead atoms. The van der Waals surface area contributed by atoms with Gasteiger partial charge in [0.1, 0.15) is 5.15 Å². The highest BCUT2D eigenvalue weighted by atomic mass is 35.5. The van der Waals surface area contributed by atoms with Gasteiger partial charge < -0.3 is 0 Å². The van der Waals surface area contributed by atoms with Crippen LogP contribution in [0.25, 0.3) is 11.1 Å². The molecule has 0 atom stereocenters. The fourth-order valence-electron chi connectivity index (χ4n) is 2.09. The van der Waals surface area contributed by atoms with Gasteiger partial charge in [-0.25, -0.2) is 4.79 Å². The van der Waals surface area contributed by atoms with Crippen molar-refractivity contribution in [3.63, 3.8) is 0 Å². The third-order valence-corrected chi connectivity index (χ3v) is 3.35. The van der Waals surface area contributed by atoms with Gasteiger partial charge in [-0.3, -0.25) is 14.3 Å². The SMILES string of the molecule is Cc1ccc(-c2c(Cl)[nH]c(=O)n(C(C)(C)C)c2=O)cc1. The van der Waals surface area contributed by atoms with Gasteiger partial charge in [0.25, 0.3) is 5.56 Å². The van der Waals surface area contributed by atoms with E-state index in [1.807, 2.05) is 31.2 Å². The lowest BCUT2D eigenvalue weighted by molar-refractivity contribution is 0.367. The zero-order chi connectivity index (χ0) is 15.1. The van der Waals surface area contributed by atoms with Crippen LogP contribution in [-0.4, -0.2) is 9.55 Å². The van der Waals surface area contributed by atoms with E-state index in [1.54, 1.807) is 20.8 Å². The minimum atomic E-state index is -0.616. The standard InChI is InChI=1S/C15H17ClN2O2/c1-9-5-7-10(8-6-9)11-12(16)17-14(20)18(13(11)19)15(2,3)4/h5-8H,1-4H3,(H,17,20). The number of hydrogen-bond donors (Lipinski definition) is 1. The van der Waals surface area contributed by atoms with E-state index < -0.39 is 11.2 Å². The molecule has 0 unspecified atom stereocenters. The van der Waals surface area contributed by atoms with Crippen LogP contribution in [0.15, 0.2) is 33.9 Å². The Hall–Kier alpha value is -1.81. The number of H-pyrrole nitrogens is 1. The van der Waals surface area contributed by atoms with Crippen molar-refractivity contribution in [3.05, 3.63) is 55.8 Å². The third-order valence-electron chi connectivity index (χ3n) is 3.07. The van der Waals surface area contributed by atoms with Gasteiger partial charge in [0.05, 0.1) is 5.56 Å². The summed E-state index contributed by atoms with van der Waals surface area (Å²) in [6.45, 7) is 7.37. The van der Waals surface area contributed by atoms with Crippen LogP contribution in [0.3, 0.4) is 0 Å². The Balaban J connectivity index is 2.81. The van der Waals surface area contributed by atoms with Crippen molar-refractivity contribution >= 4 is 11.6 Å². The van der Waals surface area contributed by atoms with E-state index in [-0.39, 0.29) is 10.7 Å². The molecule has 0 aliphatic rings. The number of nitrogens with zero attached hydrogens (tertiary/aromatic N) is 1. The van der Waals surface area contributed by atoms with Crippen molar-refractivity contribution < 1.29 is 0 Å². The van der Waals surface area contributed by atoms with E-state index in [2.05, 4.69) is 4.98 Å². The topological polar surface area (TPSA) is 54.9 Å². The van der Waals surface area contributed by atoms with Crippen LogP contribution in [-0.2, 0) is 5.54 Å². The minimum Gasteiger partial charge on any atom is -0.297 e. The van der Waals surface area contributed by atoms with Crippen LogP contribution in [0.5, 0.6) is 0 Å². The number of aromatic nitrogens is 2. The Kier molecular flexibility index (Phi) is 3.61. The number of benzene rings is 1. The fourth-order valence-corrected chi connectivity index (χ4v) is 2.36. The third kappa shape index (κ3) is 2.56. The van der Waals surface area contributed by atoms with Crippen molar-refractivity contribution in [2.75, 3.05) is 0 Å². The highest BCUT2D eigenvalue weighted by molar-refractivity contribution is 6.32. The van der Waals surface area contributed by atoms with Gasteiger partial charge in [-0.15, -0.1) is 0 Å². The van der Waals surface area contributed by atoms with Crippen LogP contribution in [0.1, 0.15) is 26.3 Å². The lowest BCUT2D eigenvalue weighted by Gasteiger charge is -2.22. The predicted molar refractivity (Wildman–Crippen MR) is 81.5 cm³/mol. The largest absolute Gasteiger partial charge is 0.330 e. The summed E-state index contributed by atoms with van der Waals surface area (Å²) in [5, 5.41) is 0.0735. The van der Waals surface area contributed by atoms with Crippen molar-refractivity contribution in [1.82, 2.24) is 9.55 Å². The highest BCUT2D eigenvalue weighted by Gasteiger charge is 2.22. The smallest absolute Gasteiger partial charge is 0.297 e. The average molecular weight is 293 g/mol. The Morgan fingerprint density at radius 1 is 1.10 bits per heavy atom. The number of hydrogen-bond acceptors (Lipinski definition) is 2. The van der Waals surface area contributed by atoms with Crippen LogP contribution in [0.4, 0.5) is 0 Å². The Labute approximate surface area is 122 Å². The molecule has 0 fully saturated rings. The molecule has 1 N–H and O–H groups in total. The second kappa shape index (κ2) is 4.94. The molecule has 0 aliphatic carbocycles. The monoisotopic (exact) mass is 292 g/mol. The maximum absolute atomic E-state index is 12.6. The van der Waals surface area contributed by atoms with E-state index in [4.69, 9.17) is 11.6 Å². The van der Waals surface area contributed by atoms with E-state index in [0.29, 0.717) is 11.1 Å². The molecule has 0 radical (unpaired) electrons. The summed E-state index contributed by atoms with van der Waals surface area (Å²) in [5.41, 5.74) is 0.610. The Bertz CT molecular complexity index is 749. The summed E-state index contributed by atoms with van der Waals surface area (Å²) in [4.78, 5) is 27.1. The Morgan fingerprint density at radius 3 is 2.15 bits per heavy atom. The zero-order valence-electron chi connectivity index (χ0n) is 12.0. The van der Waals surface area contributed by atoms with E-state index in [0.717, 1.165) is 5.56 Å². The second-order valence-corrected chi connectivity index (χ2v) is 6.17. The van der Waals surface area contributed by atoms with E-state index in [1.165, 1.54) is 4.57 Å². The summed E-state index contributed by atoms with van der Waals surface area (Å²) < 4.78 is 1.19. The molecule has 0 saturated heterocycles. The number of nitrogens with one attached hydrogen (secondary N) is 1. The molecule has 4 nitrogen and oxygen atoms in total. The van der Waals surface area contributed by atoms with Crippen molar-refractivity contribution in [2.24, 2.45) is 0 Å². The van der Waals surface area contributed by atoms with Gasteiger partial charge in [0.15, 0.2) is 0 Å². The molecule has 0 saturated carbocycles. The summed E-state index contributed by atoms with van der Waals surface area (Å²) in [5.74, 6) is 0. The molecule has 5 heteroatoms. The maximum Gasteiger partial charge on any atom is 0.330 e. The van der Waals surface area contributed by atoms with Crippen LogP contribution >= 0.6 is 11.6 Å². The molecule has 20 heavy (non-hydrogen) atoms. The molecular weight excluding hydrogens is 276 g/mol. The molecular formula is C15H17ClN2O2. The van der Waals surface area contributed by atoms with Gasteiger partial charge in [-0.2, -0.15) is 0 Å². The van der Waals surface area contributed by atoms with Gasteiger partial charge in [0.2, 0.25) is 0 Å². The fraction of sp³-hybridized carbons (Fsp3) is 0.333. The number of aromatic amines is 1. The first-order valence-corrected chi connectivity index (χ1v) is 6.72. The summed E-state index contributed by atoms with van der Waals surface area (Å²) >= 11 is 6.06. The highest BCUT2D eigenvalue weighted by Crippen LogP contribution is 2.22. The van der Waals surface area contributed by atoms with E-state index in [9.17, 15) is 9.59 Å². The summed E-state index contributed by atoms with van der Waals surface area (Å²) in [7, 11) is 0. The molecule has 2 rings (SSSR count). The molecule has 0 spiro atoms. The van der Waals surface area contributed by atoms with E-state index >= 15 is 0 Å². The minimum absolute atomic E-state index is 0.0735. The summed E-state index contributed by atoms with van der Waals surface area (Å²) in [6.07, 6.45) is 0. The number of halogens is 1. The van der Waals surface area contributed by atoms with Crippen molar-refractivity contribution in [3.8, 4) is 11.1 Å². The Morgan fingerprint density at radius 2 is 1.65 bits per heavy atom. The molecule has 1 aromatic carbocycles. The second-order valence-electron chi connectivity index (χ2n) is 5.80. The van der Waals surface area contributed by atoms with Crippen molar-refractivity contribution in [2.45, 2.75) is 33.2 Å². The zero-order valence-corrected chi connectivity index (χ0v) is 12.7. The molecule has 2 aromatic rings. The lowest BCUT2D eigenvalue weighted by Crippen LogP contribution is -2.45. The van der Waals surface area contributed by atoms with Gasteiger partial charge in [0, 0.05) is 5.54 Å². The molecule has 1 heterocycles. The quantitative estimate of drug-likeness (QED) is 0.822. The maximum atomic E-state index is 12.6. The normalized spacial score (nSPS) is 11.7. The van der Waals surface area contributed by atoms with Crippen molar-refractivity contribution in [1.29, 1.82) is 0 Å². The number of aryl methyl sites for hydroxylation is 1. The van der Waals surface area contributed by atoms with Gasteiger partial charge in [-0.1, -0.05) is 41.4 Å². The van der Waals surface area contributed by atoms with Crippen LogP contribution in [0, 0.1) is 6.92 Å². The lowest BCUT2D eigenvalue weighted by atomic mass is 10.1.